The molecule has 0 fully saturated rings. The van der Waals surface area contributed by atoms with Gasteiger partial charge in [-0.1, -0.05) is 25.4 Å². The molecule has 3 N–H and O–H groups in total. The van der Waals surface area contributed by atoms with Crippen molar-refractivity contribution < 1.29 is 4.79 Å². The summed E-state index contributed by atoms with van der Waals surface area (Å²) in [4.78, 5) is 14.0. The van der Waals surface area contributed by atoms with Gasteiger partial charge in [-0.05, 0) is 38.1 Å². The van der Waals surface area contributed by atoms with Crippen LogP contribution in [0.1, 0.15) is 26.7 Å². The van der Waals surface area contributed by atoms with E-state index in [4.69, 9.17) is 17.3 Å². The summed E-state index contributed by atoms with van der Waals surface area (Å²) in [5, 5.41) is 3.26. The topological polar surface area (TPSA) is 58.4 Å². The molecule has 0 spiro atoms. The molecule has 0 aliphatic rings. The lowest BCUT2D eigenvalue weighted by atomic mass is 10.1. The number of nitrogens with zero attached hydrogens (tertiary/aromatic N) is 1. The monoisotopic (exact) mass is 283 g/mol. The number of carbonyl (C=O) groups is 1. The lowest BCUT2D eigenvalue weighted by molar-refractivity contribution is -0.117. The first-order valence-electron chi connectivity index (χ1n) is 6.53. The van der Waals surface area contributed by atoms with Crippen LogP contribution in [0, 0.1) is 0 Å². The molecule has 0 unspecified atom stereocenters. The summed E-state index contributed by atoms with van der Waals surface area (Å²) >= 11 is 6.02. The molecule has 0 saturated carbocycles. The number of nitrogens with two attached hydrogens (primary N) is 1. The molecular weight excluding hydrogens is 262 g/mol. The molecule has 0 aliphatic heterocycles. The molecule has 0 bridgehead atoms. The van der Waals surface area contributed by atoms with E-state index in [1.807, 2.05) is 7.05 Å². The number of halogens is 1. The number of anilines is 2. The first-order valence-corrected chi connectivity index (χ1v) is 6.90. The second-order valence-electron chi connectivity index (χ2n) is 4.67. The molecule has 1 rings (SSSR count). The molecule has 106 valence electrons. The van der Waals surface area contributed by atoms with Crippen LogP contribution in [0.3, 0.4) is 0 Å². The number of nitrogen functional groups attached to an aromatic ring is 1. The highest BCUT2D eigenvalue weighted by molar-refractivity contribution is 6.34. The standard InChI is InChI=1S/C14H22ClN3O/c1-4-11(5-2)18(3)9-14(19)17-13-7-6-10(16)8-12(13)15/h6-8,11H,4-5,9,16H2,1-3H3,(H,17,19). The Kier molecular flexibility index (Phi) is 6.12. The second-order valence-corrected chi connectivity index (χ2v) is 5.08. The minimum atomic E-state index is -0.0685. The van der Waals surface area contributed by atoms with Crippen LogP contribution in [0.15, 0.2) is 18.2 Å². The number of likely N-dealkylation sites (N-methyl/N-ethyl adjacent to an activating group) is 1. The van der Waals surface area contributed by atoms with E-state index >= 15 is 0 Å². The molecule has 0 aliphatic carbocycles. The Hall–Kier alpha value is -1.26. The molecule has 5 heteroatoms. The zero-order chi connectivity index (χ0) is 14.4. The van der Waals surface area contributed by atoms with E-state index in [0.29, 0.717) is 29.0 Å². The summed E-state index contributed by atoms with van der Waals surface area (Å²) in [6.07, 6.45) is 2.06. The van der Waals surface area contributed by atoms with Crippen molar-refractivity contribution in [3.63, 3.8) is 0 Å². The van der Waals surface area contributed by atoms with Gasteiger partial charge in [-0.15, -0.1) is 0 Å². The van der Waals surface area contributed by atoms with Crippen molar-refractivity contribution in [1.29, 1.82) is 0 Å². The second kappa shape index (κ2) is 7.36. The van der Waals surface area contributed by atoms with Crippen LogP contribution in [0.4, 0.5) is 11.4 Å². The molecule has 1 amide bonds. The maximum Gasteiger partial charge on any atom is 0.238 e. The predicted octanol–water partition coefficient (Wildman–Crippen LogP) is 2.98. The molecule has 19 heavy (non-hydrogen) atoms. The number of hydrogen-bond acceptors (Lipinski definition) is 3. The minimum absolute atomic E-state index is 0.0685. The fourth-order valence-corrected chi connectivity index (χ4v) is 2.33. The van der Waals surface area contributed by atoms with Crippen molar-refractivity contribution in [2.45, 2.75) is 32.7 Å². The fourth-order valence-electron chi connectivity index (χ4n) is 2.09. The average Bonchev–Trinajstić information content (AvgIpc) is 2.34. The largest absolute Gasteiger partial charge is 0.399 e. The summed E-state index contributed by atoms with van der Waals surface area (Å²) < 4.78 is 0. The molecular formula is C14H22ClN3O. The molecule has 0 radical (unpaired) electrons. The van der Waals surface area contributed by atoms with Gasteiger partial charge in [0.05, 0.1) is 17.3 Å². The van der Waals surface area contributed by atoms with Gasteiger partial charge in [0.1, 0.15) is 0 Å². The molecule has 1 aromatic rings. The fraction of sp³-hybridized carbons (Fsp3) is 0.500. The Morgan fingerprint density at radius 1 is 1.42 bits per heavy atom. The molecule has 0 heterocycles. The van der Waals surface area contributed by atoms with E-state index in [-0.39, 0.29) is 5.91 Å². The van der Waals surface area contributed by atoms with Crippen LogP contribution in [-0.4, -0.2) is 30.4 Å². The Bertz CT molecular complexity index is 433. The molecule has 1 aromatic carbocycles. The minimum Gasteiger partial charge on any atom is -0.399 e. The number of carbonyl (C=O) groups excluding carboxylic acids is 1. The van der Waals surface area contributed by atoms with Crippen LogP contribution in [0.2, 0.25) is 5.02 Å². The number of rotatable bonds is 6. The molecule has 0 atom stereocenters. The van der Waals surface area contributed by atoms with Crippen LogP contribution in [0.25, 0.3) is 0 Å². The Balaban J connectivity index is 2.60. The smallest absolute Gasteiger partial charge is 0.238 e. The lowest BCUT2D eigenvalue weighted by Crippen LogP contribution is -2.37. The highest BCUT2D eigenvalue weighted by Crippen LogP contribution is 2.23. The number of benzene rings is 1. The zero-order valence-corrected chi connectivity index (χ0v) is 12.5. The van der Waals surface area contributed by atoms with Gasteiger partial charge >= 0.3 is 0 Å². The van der Waals surface area contributed by atoms with Crippen LogP contribution >= 0.6 is 11.6 Å². The van der Waals surface area contributed by atoms with Gasteiger partial charge in [0, 0.05) is 11.7 Å². The van der Waals surface area contributed by atoms with E-state index in [1.54, 1.807) is 18.2 Å². The van der Waals surface area contributed by atoms with Crippen LogP contribution in [0.5, 0.6) is 0 Å². The van der Waals surface area contributed by atoms with E-state index in [2.05, 4.69) is 24.1 Å². The normalized spacial score (nSPS) is 11.1. The summed E-state index contributed by atoms with van der Waals surface area (Å²) in [6, 6.07) is 5.48. The Labute approximate surface area is 119 Å². The summed E-state index contributed by atoms with van der Waals surface area (Å²) in [7, 11) is 1.96. The third kappa shape index (κ3) is 4.73. The van der Waals surface area contributed by atoms with Gasteiger partial charge < -0.3 is 11.1 Å². The maximum atomic E-state index is 12.0. The quantitative estimate of drug-likeness (QED) is 0.789. The van der Waals surface area contributed by atoms with Crippen molar-refractivity contribution in [2.24, 2.45) is 0 Å². The van der Waals surface area contributed by atoms with Crippen molar-refractivity contribution in [3.8, 4) is 0 Å². The van der Waals surface area contributed by atoms with Gasteiger partial charge in [-0.25, -0.2) is 0 Å². The van der Waals surface area contributed by atoms with Crippen LogP contribution in [-0.2, 0) is 4.79 Å². The van der Waals surface area contributed by atoms with Gasteiger partial charge in [-0.2, -0.15) is 0 Å². The van der Waals surface area contributed by atoms with E-state index in [9.17, 15) is 4.79 Å². The first kappa shape index (κ1) is 15.8. The third-order valence-corrected chi connectivity index (χ3v) is 3.54. The molecule has 4 nitrogen and oxygen atoms in total. The van der Waals surface area contributed by atoms with Crippen molar-refractivity contribution in [1.82, 2.24) is 4.90 Å². The van der Waals surface area contributed by atoms with Gasteiger partial charge in [0.2, 0.25) is 5.91 Å². The van der Waals surface area contributed by atoms with E-state index in [1.165, 1.54) is 0 Å². The highest BCUT2D eigenvalue weighted by Gasteiger charge is 2.14. The lowest BCUT2D eigenvalue weighted by Gasteiger charge is -2.25. The number of amides is 1. The van der Waals surface area contributed by atoms with E-state index < -0.39 is 0 Å². The van der Waals surface area contributed by atoms with Gasteiger partial charge in [-0.3, -0.25) is 9.69 Å². The maximum absolute atomic E-state index is 12.0. The summed E-state index contributed by atoms with van der Waals surface area (Å²) in [5.74, 6) is -0.0685. The SMILES string of the molecule is CCC(CC)N(C)CC(=O)Nc1ccc(N)cc1Cl. The highest BCUT2D eigenvalue weighted by atomic mass is 35.5. The van der Waals surface area contributed by atoms with Crippen molar-refractivity contribution >= 4 is 28.9 Å². The van der Waals surface area contributed by atoms with Crippen molar-refractivity contribution in [2.75, 3.05) is 24.6 Å². The Morgan fingerprint density at radius 3 is 2.58 bits per heavy atom. The Morgan fingerprint density at radius 2 is 2.05 bits per heavy atom. The third-order valence-electron chi connectivity index (χ3n) is 3.23. The predicted molar refractivity (Wildman–Crippen MR) is 81.5 cm³/mol. The molecule has 0 aromatic heterocycles. The number of nitrogens with one attached hydrogen (secondary N) is 1. The van der Waals surface area contributed by atoms with Gasteiger partial charge in [0.15, 0.2) is 0 Å². The van der Waals surface area contributed by atoms with E-state index in [0.717, 1.165) is 12.8 Å². The summed E-state index contributed by atoms with van der Waals surface area (Å²) in [5.41, 5.74) is 6.79. The molecule has 0 saturated heterocycles. The average molecular weight is 284 g/mol. The number of hydrogen-bond donors (Lipinski definition) is 2. The zero-order valence-electron chi connectivity index (χ0n) is 11.7. The van der Waals surface area contributed by atoms with Crippen LogP contribution < -0.4 is 11.1 Å². The van der Waals surface area contributed by atoms with Crippen molar-refractivity contribution in [3.05, 3.63) is 23.2 Å². The summed E-state index contributed by atoms with van der Waals surface area (Å²) in [6.45, 7) is 4.60. The van der Waals surface area contributed by atoms with Gasteiger partial charge in [0.25, 0.3) is 0 Å². The first-order chi connectivity index (χ1) is 8.97.